The summed E-state index contributed by atoms with van der Waals surface area (Å²) in [5, 5.41) is 53.5. The Labute approximate surface area is 317 Å². The molecule has 1 amide bonds. The minimum atomic E-state index is -1.57. The van der Waals surface area contributed by atoms with Gasteiger partial charge in [0.15, 0.2) is 6.29 Å². The van der Waals surface area contributed by atoms with Crippen molar-refractivity contribution in [1.29, 1.82) is 0 Å². The maximum absolute atomic E-state index is 12.5. The van der Waals surface area contributed by atoms with Crippen LogP contribution in [0.4, 0.5) is 0 Å². The van der Waals surface area contributed by atoms with Crippen LogP contribution in [-0.2, 0) is 14.3 Å². The summed E-state index contributed by atoms with van der Waals surface area (Å²) in [4.78, 5) is 12.5. The number of ether oxygens (including phenoxy) is 2. The molecule has 1 heterocycles. The molecule has 0 spiro atoms. The molecule has 9 nitrogen and oxygen atoms in total. The van der Waals surface area contributed by atoms with Crippen LogP contribution in [0.5, 0.6) is 0 Å². The number of allylic oxidation sites excluding steroid dienone is 5. The van der Waals surface area contributed by atoms with Gasteiger partial charge in [0, 0.05) is 6.42 Å². The molecule has 1 rings (SSSR count). The van der Waals surface area contributed by atoms with Gasteiger partial charge in [-0.3, -0.25) is 4.79 Å². The second-order valence-electron chi connectivity index (χ2n) is 14.8. The summed E-state index contributed by atoms with van der Waals surface area (Å²) in [7, 11) is 0. The molecule has 0 bridgehead atoms. The van der Waals surface area contributed by atoms with E-state index in [-0.39, 0.29) is 12.5 Å². The highest BCUT2D eigenvalue weighted by molar-refractivity contribution is 5.76. The average Bonchev–Trinajstić information content (AvgIpc) is 3.14. The third-order valence-electron chi connectivity index (χ3n) is 9.95. The van der Waals surface area contributed by atoms with Crippen LogP contribution in [0.25, 0.3) is 0 Å². The third kappa shape index (κ3) is 24.7. The van der Waals surface area contributed by atoms with Gasteiger partial charge in [-0.05, 0) is 44.9 Å². The van der Waals surface area contributed by atoms with Crippen LogP contribution in [0.15, 0.2) is 36.5 Å². The molecular weight excluding hydrogens is 658 g/mol. The maximum atomic E-state index is 12.5. The van der Waals surface area contributed by atoms with Crippen molar-refractivity contribution in [3.63, 3.8) is 0 Å². The van der Waals surface area contributed by atoms with E-state index in [4.69, 9.17) is 9.47 Å². The smallest absolute Gasteiger partial charge is 0.220 e. The third-order valence-corrected chi connectivity index (χ3v) is 9.95. The normalized spacial score (nSPS) is 22.2. The van der Waals surface area contributed by atoms with Crippen LogP contribution in [-0.4, -0.2) is 87.5 Å². The predicted molar refractivity (Wildman–Crippen MR) is 212 cm³/mol. The monoisotopic (exact) mass is 738 g/mol. The number of amides is 1. The van der Waals surface area contributed by atoms with Crippen LogP contribution in [0, 0.1) is 0 Å². The second kappa shape index (κ2) is 33.9. The first-order valence-electron chi connectivity index (χ1n) is 21.2. The number of nitrogens with one attached hydrogen (secondary N) is 1. The van der Waals surface area contributed by atoms with Crippen molar-refractivity contribution in [3.8, 4) is 0 Å². The molecule has 52 heavy (non-hydrogen) atoms. The van der Waals surface area contributed by atoms with Gasteiger partial charge in [0.1, 0.15) is 24.4 Å². The number of carbonyl (C=O) groups is 1. The van der Waals surface area contributed by atoms with Crippen molar-refractivity contribution in [2.24, 2.45) is 0 Å². The highest BCUT2D eigenvalue weighted by Crippen LogP contribution is 2.22. The molecule has 0 aromatic rings. The molecule has 304 valence electrons. The van der Waals surface area contributed by atoms with Gasteiger partial charge in [0.2, 0.25) is 5.91 Å². The summed E-state index contributed by atoms with van der Waals surface area (Å²) in [5.74, 6) is -0.217. The Morgan fingerprint density at radius 1 is 0.635 bits per heavy atom. The highest BCUT2D eigenvalue weighted by atomic mass is 16.7. The van der Waals surface area contributed by atoms with Gasteiger partial charge in [-0.2, -0.15) is 0 Å². The lowest BCUT2D eigenvalue weighted by Gasteiger charge is -2.40. The largest absolute Gasteiger partial charge is 0.394 e. The fourth-order valence-electron chi connectivity index (χ4n) is 6.48. The lowest BCUT2D eigenvalue weighted by Crippen LogP contribution is -2.60. The Hall–Kier alpha value is -1.59. The first kappa shape index (κ1) is 48.4. The summed E-state index contributed by atoms with van der Waals surface area (Å²) in [5.41, 5.74) is 0. The Morgan fingerprint density at radius 2 is 1.10 bits per heavy atom. The summed E-state index contributed by atoms with van der Waals surface area (Å²) >= 11 is 0. The molecule has 0 saturated carbocycles. The topological polar surface area (TPSA) is 149 Å². The first-order chi connectivity index (χ1) is 25.3. The summed E-state index contributed by atoms with van der Waals surface area (Å²) in [6, 6.07) is -0.820. The molecular formula is C43H79NO8. The zero-order chi connectivity index (χ0) is 38.1. The zero-order valence-corrected chi connectivity index (χ0v) is 33.1. The Kier molecular flexibility index (Phi) is 31.6. The maximum Gasteiger partial charge on any atom is 0.220 e. The van der Waals surface area contributed by atoms with Crippen LogP contribution in [0.1, 0.15) is 174 Å². The van der Waals surface area contributed by atoms with Crippen molar-refractivity contribution in [3.05, 3.63) is 36.5 Å². The van der Waals surface area contributed by atoms with Crippen molar-refractivity contribution in [2.75, 3.05) is 13.2 Å². The highest BCUT2D eigenvalue weighted by Gasteiger charge is 2.44. The molecule has 1 aliphatic rings. The Bertz CT molecular complexity index is 910. The molecule has 7 unspecified atom stereocenters. The van der Waals surface area contributed by atoms with Gasteiger partial charge < -0.3 is 40.3 Å². The molecule has 0 aromatic heterocycles. The SMILES string of the molecule is CCCCCCCCCCCCCCCCCC/C=C/CC/C=C/CC/C=C/C(O)C(COC1OC(CO)C(O)C(O)C1O)NC(=O)CCCCC. The summed E-state index contributed by atoms with van der Waals surface area (Å²) in [6.07, 6.45) is 34.4. The van der Waals surface area contributed by atoms with E-state index < -0.39 is 49.5 Å². The van der Waals surface area contributed by atoms with E-state index in [1.807, 2.05) is 6.08 Å². The van der Waals surface area contributed by atoms with E-state index in [0.717, 1.165) is 44.9 Å². The van der Waals surface area contributed by atoms with Crippen molar-refractivity contribution >= 4 is 5.91 Å². The van der Waals surface area contributed by atoms with Gasteiger partial charge in [0.05, 0.1) is 25.4 Å². The summed E-state index contributed by atoms with van der Waals surface area (Å²) < 4.78 is 11.0. The van der Waals surface area contributed by atoms with Gasteiger partial charge in [0.25, 0.3) is 0 Å². The van der Waals surface area contributed by atoms with E-state index >= 15 is 0 Å². The Balaban J connectivity index is 2.19. The standard InChI is InChI=1S/C43H79NO8/c1-3-5-7-8-9-10-11-12-13-14-15-16-17-18-19-20-21-22-23-24-25-26-27-28-29-31-32-37(46)36(44-39(47)33-30-6-4-2)35-51-43-42(50)41(49)40(48)38(34-45)52-43/h22-23,26-27,31-32,36-38,40-43,45-46,48-50H,3-21,24-25,28-30,33-35H2,1-2H3,(H,44,47)/b23-22+,27-26+,32-31+. The Morgan fingerprint density at radius 3 is 1.62 bits per heavy atom. The van der Waals surface area contributed by atoms with Crippen molar-refractivity contribution in [1.82, 2.24) is 5.32 Å². The van der Waals surface area contributed by atoms with Crippen LogP contribution in [0.3, 0.4) is 0 Å². The van der Waals surface area contributed by atoms with Crippen LogP contribution >= 0.6 is 0 Å². The van der Waals surface area contributed by atoms with Gasteiger partial charge in [-0.25, -0.2) is 0 Å². The van der Waals surface area contributed by atoms with Gasteiger partial charge in [-0.15, -0.1) is 0 Å². The van der Waals surface area contributed by atoms with E-state index in [9.17, 15) is 30.3 Å². The van der Waals surface area contributed by atoms with E-state index in [0.29, 0.717) is 6.42 Å². The van der Waals surface area contributed by atoms with E-state index in [1.165, 1.54) is 109 Å². The number of rotatable bonds is 34. The minimum Gasteiger partial charge on any atom is -0.394 e. The fraction of sp³-hybridized carbons (Fsp3) is 0.837. The molecule has 0 aromatic carbocycles. The lowest BCUT2D eigenvalue weighted by molar-refractivity contribution is -0.302. The number of unbranched alkanes of at least 4 members (excludes halogenated alkanes) is 20. The molecule has 6 N–H and O–H groups in total. The quantitative estimate of drug-likeness (QED) is 0.0287. The predicted octanol–water partition coefficient (Wildman–Crippen LogP) is 8.11. The number of aliphatic hydroxyl groups is 5. The fourth-order valence-corrected chi connectivity index (χ4v) is 6.48. The minimum absolute atomic E-state index is 0.208. The first-order valence-corrected chi connectivity index (χ1v) is 21.2. The van der Waals surface area contributed by atoms with Crippen molar-refractivity contribution < 1.29 is 39.8 Å². The van der Waals surface area contributed by atoms with Crippen molar-refractivity contribution in [2.45, 2.75) is 217 Å². The lowest BCUT2D eigenvalue weighted by atomic mass is 9.99. The number of aliphatic hydroxyl groups excluding tert-OH is 5. The number of hydrogen-bond acceptors (Lipinski definition) is 8. The second-order valence-corrected chi connectivity index (χ2v) is 14.8. The molecule has 9 heteroatoms. The van der Waals surface area contributed by atoms with E-state index in [2.05, 4.69) is 43.5 Å². The van der Waals surface area contributed by atoms with Crippen LogP contribution in [0.2, 0.25) is 0 Å². The molecule has 0 aliphatic carbocycles. The number of carbonyl (C=O) groups excluding carboxylic acids is 1. The molecule has 1 fully saturated rings. The molecule has 1 saturated heterocycles. The van der Waals surface area contributed by atoms with Gasteiger partial charge in [-0.1, -0.05) is 159 Å². The zero-order valence-electron chi connectivity index (χ0n) is 33.1. The number of hydrogen-bond donors (Lipinski definition) is 6. The van der Waals surface area contributed by atoms with E-state index in [1.54, 1.807) is 6.08 Å². The molecule has 1 aliphatic heterocycles. The molecule has 0 radical (unpaired) electrons. The molecule has 7 atom stereocenters. The summed E-state index contributed by atoms with van der Waals surface area (Å²) in [6.45, 7) is 3.56. The van der Waals surface area contributed by atoms with Crippen LogP contribution < -0.4 is 5.32 Å². The average molecular weight is 738 g/mol. The van der Waals surface area contributed by atoms with Gasteiger partial charge >= 0.3 is 0 Å².